The summed E-state index contributed by atoms with van der Waals surface area (Å²) >= 11 is 0. The molecule has 2 aromatic heterocycles. The third-order valence-electron chi connectivity index (χ3n) is 6.35. The largest absolute Gasteiger partial charge is 0.481 e. The van der Waals surface area contributed by atoms with E-state index in [4.69, 9.17) is 9.90 Å². The molecule has 2 aliphatic rings. The number of amides is 1. The van der Waals surface area contributed by atoms with Crippen LogP contribution < -0.4 is 10.6 Å². The number of piperazine rings is 1. The molecule has 2 atom stereocenters. The Morgan fingerprint density at radius 2 is 1.91 bits per heavy atom. The van der Waals surface area contributed by atoms with Gasteiger partial charge in [0.15, 0.2) is 17.5 Å². The summed E-state index contributed by atoms with van der Waals surface area (Å²) in [6.07, 6.45) is 1.75. The lowest BCUT2D eigenvalue weighted by atomic mass is 10.0. The highest BCUT2D eigenvalue weighted by Gasteiger charge is 2.41. The molecular weight excluding hydrogens is 455 g/mol. The molecule has 1 saturated heterocycles. The molecule has 4 heterocycles. The minimum absolute atomic E-state index is 0.0638. The van der Waals surface area contributed by atoms with Crippen molar-refractivity contribution in [1.82, 2.24) is 34.9 Å². The summed E-state index contributed by atoms with van der Waals surface area (Å²) in [7, 11) is 2.07. The Balaban J connectivity index is 0.000000795. The molecule has 11 nitrogen and oxygen atoms in total. The molecular formula is C23H35FN8O3. The second-order valence-corrected chi connectivity index (χ2v) is 9.62. The van der Waals surface area contributed by atoms with Gasteiger partial charge in [-0.3, -0.25) is 9.69 Å². The lowest BCUT2D eigenvalue weighted by molar-refractivity contribution is -0.134. The highest BCUT2D eigenvalue weighted by molar-refractivity contribution is 5.80. The molecule has 0 saturated carbocycles. The molecule has 35 heavy (non-hydrogen) atoms. The minimum Gasteiger partial charge on any atom is -0.481 e. The summed E-state index contributed by atoms with van der Waals surface area (Å²) in [4.78, 5) is 35.0. The van der Waals surface area contributed by atoms with Gasteiger partial charge in [0.05, 0.1) is 17.4 Å². The van der Waals surface area contributed by atoms with Crippen LogP contribution in [0, 0.1) is 5.82 Å². The van der Waals surface area contributed by atoms with Crippen molar-refractivity contribution in [2.75, 3.05) is 25.5 Å². The predicted molar refractivity (Wildman–Crippen MR) is 129 cm³/mol. The Kier molecular flexibility index (Phi) is 7.75. The highest BCUT2D eigenvalue weighted by atomic mass is 19.1. The van der Waals surface area contributed by atoms with E-state index in [-0.39, 0.29) is 23.9 Å². The van der Waals surface area contributed by atoms with Crippen molar-refractivity contribution in [1.29, 1.82) is 0 Å². The fourth-order valence-electron chi connectivity index (χ4n) is 4.35. The predicted octanol–water partition coefficient (Wildman–Crippen LogP) is 2.54. The van der Waals surface area contributed by atoms with Crippen LogP contribution in [-0.4, -0.2) is 78.9 Å². The van der Waals surface area contributed by atoms with E-state index in [0.717, 1.165) is 30.9 Å². The van der Waals surface area contributed by atoms with Gasteiger partial charge in [-0.05, 0) is 34.7 Å². The number of nitrogens with zero attached hydrogens (tertiary/aromatic N) is 6. The molecule has 1 fully saturated rings. The Morgan fingerprint density at radius 3 is 2.54 bits per heavy atom. The molecule has 3 N–H and O–H groups in total. The van der Waals surface area contributed by atoms with Crippen molar-refractivity contribution in [3.05, 3.63) is 29.1 Å². The van der Waals surface area contributed by atoms with Crippen molar-refractivity contribution in [3.63, 3.8) is 0 Å². The van der Waals surface area contributed by atoms with Crippen LogP contribution >= 0.6 is 0 Å². The Labute approximate surface area is 204 Å². The first-order chi connectivity index (χ1) is 16.4. The van der Waals surface area contributed by atoms with E-state index in [0.29, 0.717) is 31.2 Å². The van der Waals surface area contributed by atoms with Crippen LogP contribution in [0.1, 0.15) is 58.6 Å². The first-order valence-electron chi connectivity index (χ1n) is 11.7. The zero-order chi connectivity index (χ0) is 26.1. The van der Waals surface area contributed by atoms with E-state index >= 15 is 0 Å². The van der Waals surface area contributed by atoms with Gasteiger partial charge in [-0.2, -0.15) is 4.68 Å². The first kappa shape index (κ1) is 26.5. The number of nitrogens with one attached hydrogen (secondary N) is 2. The lowest BCUT2D eigenvalue weighted by Gasteiger charge is -2.42. The molecule has 2 aliphatic heterocycles. The average Bonchev–Trinajstić information content (AvgIpc) is 3.29. The first-order valence-corrected chi connectivity index (χ1v) is 11.7. The molecule has 2 aromatic rings. The van der Waals surface area contributed by atoms with Crippen LogP contribution in [0.15, 0.2) is 6.20 Å². The van der Waals surface area contributed by atoms with Crippen molar-refractivity contribution >= 4 is 23.6 Å². The van der Waals surface area contributed by atoms with Gasteiger partial charge in [0.25, 0.3) is 5.97 Å². The van der Waals surface area contributed by atoms with Crippen LogP contribution in [0.4, 0.5) is 20.8 Å². The number of anilines is 2. The Morgan fingerprint density at radius 1 is 1.26 bits per heavy atom. The van der Waals surface area contributed by atoms with E-state index in [9.17, 15) is 9.18 Å². The highest BCUT2D eigenvalue weighted by Crippen LogP contribution is 2.36. The smallest absolute Gasteiger partial charge is 0.345 e. The molecule has 4 rings (SSSR count). The van der Waals surface area contributed by atoms with E-state index in [1.54, 1.807) is 0 Å². The number of carboxylic acid groups (broad SMARTS) is 1. The maximum Gasteiger partial charge on any atom is 0.345 e. The van der Waals surface area contributed by atoms with Crippen molar-refractivity contribution in [2.24, 2.45) is 0 Å². The zero-order valence-corrected chi connectivity index (χ0v) is 21.4. The van der Waals surface area contributed by atoms with Gasteiger partial charge >= 0.3 is 6.03 Å². The molecule has 1 amide bonds. The summed E-state index contributed by atoms with van der Waals surface area (Å²) < 4.78 is 15.8. The number of halogens is 1. The van der Waals surface area contributed by atoms with Gasteiger partial charge in [-0.1, -0.05) is 6.92 Å². The van der Waals surface area contributed by atoms with E-state index in [1.165, 1.54) is 4.68 Å². The number of rotatable bonds is 3. The molecule has 0 radical (unpaired) electrons. The van der Waals surface area contributed by atoms with Gasteiger partial charge < -0.3 is 20.6 Å². The van der Waals surface area contributed by atoms with Gasteiger partial charge in [-0.15, -0.1) is 5.10 Å². The van der Waals surface area contributed by atoms with Crippen LogP contribution in [0.3, 0.4) is 0 Å². The fraction of sp³-hybridized carbons (Fsp3) is 0.609. The molecule has 0 aromatic carbocycles. The van der Waals surface area contributed by atoms with Crippen molar-refractivity contribution < 1.29 is 19.1 Å². The summed E-state index contributed by atoms with van der Waals surface area (Å²) in [6, 6.07) is 0.162. The second-order valence-electron chi connectivity index (χ2n) is 9.62. The number of aryl methyl sites for hydroxylation is 1. The lowest BCUT2D eigenvalue weighted by Crippen LogP contribution is -2.58. The van der Waals surface area contributed by atoms with Gasteiger partial charge in [0.2, 0.25) is 0 Å². The van der Waals surface area contributed by atoms with Crippen LogP contribution in [-0.2, 0) is 23.3 Å². The van der Waals surface area contributed by atoms with Crippen LogP contribution in [0.2, 0.25) is 0 Å². The minimum atomic E-state index is -0.833. The summed E-state index contributed by atoms with van der Waals surface area (Å²) in [5.74, 6) is -0.345. The van der Waals surface area contributed by atoms with Crippen molar-refractivity contribution in [2.45, 2.75) is 72.1 Å². The number of aliphatic carboxylic acids is 1. The Bertz CT molecular complexity index is 1100. The van der Waals surface area contributed by atoms with Crippen molar-refractivity contribution in [3.8, 4) is 0 Å². The number of carbonyl (C=O) groups excluding carboxylic acids is 1. The van der Waals surface area contributed by atoms with Gasteiger partial charge in [0, 0.05) is 50.6 Å². The molecule has 192 valence electrons. The topological polar surface area (TPSA) is 129 Å². The summed E-state index contributed by atoms with van der Waals surface area (Å²) in [5.41, 5.74) is 1.20. The number of carboxylic acids is 1. The maximum absolute atomic E-state index is 14.4. The maximum atomic E-state index is 14.4. The number of likely N-dealkylation sites (N-methyl/N-ethyl adjacent to an activating group) is 1. The van der Waals surface area contributed by atoms with Crippen LogP contribution in [0.25, 0.3) is 0 Å². The average molecular weight is 491 g/mol. The molecule has 0 unspecified atom stereocenters. The number of aromatic nitrogens is 4. The third kappa shape index (κ3) is 5.59. The van der Waals surface area contributed by atoms with Gasteiger partial charge in [-0.25, -0.2) is 19.2 Å². The fourth-order valence-corrected chi connectivity index (χ4v) is 4.35. The molecule has 0 spiro atoms. The number of carbonyl (C=O) groups is 2. The number of fused-ring (bicyclic) bond motifs is 1. The number of hydrogen-bond acceptors (Lipinski definition) is 8. The standard InChI is InChI=1S/C21H31FN8O.C2H4O2/c1-7-16-23-9-15(22)19(25-16)26-18-14-8-24-21(4,5)17(14)30(27-18)20(31)29-11-12(2)28(6)10-13(29)3;1-2(3)4/h9,12-13,24H,7-8,10-11H2,1-6H3,(H,23,25,26,27);1H3,(H,3,4)/t12-,13+;/m1./s1. The van der Waals surface area contributed by atoms with E-state index in [2.05, 4.69) is 51.5 Å². The summed E-state index contributed by atoms with van der Waals surface area (Å²) in [5, 5.41) is 18.5. The summed E-state index contributed by atoms with van der Waals surface area (Å²) in [6.45, 7) is 13.1. The Hall–Kier alpha value is -3.12. The second kappa shape index (κ2) is 10.2. The van der Waals surface area contributed by atoms with E-state index < -0.39 is 17.3 Å². The monoisotopic (exact) mass is 490 g/mol. The van der Waals surface area contributed by atoms with Gasteiger partial charge in [0.1, 0.15) is 5.82 Å². The normalized spacial score (nSPS) is 21.2. The van der Waals surface area contributed by atoms with Crippen LogP contribution in [0.5, 0.6) is 0 Å². The van der Waals surface area contributed by atoms with E-state index in [1.807, 2.05) is 25.7 Å². The quantitative estimate of drug-likeness (QED) is 0.594. The molecule has 12 heteroatoms. The SMILES string of the molecule is CC(=O)O.CCc1ncc(F)c(Nc2nn(C(=O)N3C[C@@H](C)N(C)C[C@@H]3C)c3c2CNC3(C)C)n1. The molecule has 0 bridgehead atoms. The number of hydrogen-bond donors (Lipinski definition) is 3. The molecule has 0 aliphatic carbocycles. The third-order valence-corrected chi connectivity index (χ3v) is 6.35. The zero-order valence-electron chi connectivity index (χ0n) is 21.4.